The minimum Gasteiger partial charge on any atom is -0.362 e. The highest BCUT2D eigenvalue weighted by Crippen LogP contribution is 2.41. The molecule has 4 rings (SSSR count). The number of barbiturate groups is 1. The van der Waals surface area contributed by atoms with E-state index in [4.69, 9.17) is 0 Å². The van der Waals surface area contributed by atoms with Crippen molar-refractivity contribution in [3.8, 4) is 0 Å². The highest BCUT2D eigenvalue weighted by atomic mass is 16.2. The van der Waals surface area contributed by atoms with Gasteiger partial charge in [-0.25, -0.2) is 9.69 Å². The van der Waals surface area contributed by atoms with Crippen molar-refractivity contribution in [3.05, 3.63) is 70.3 Å². The monoisotopic (exact) mass is 471 g/mol. The average molecular weight is 472 g/mol. The van der Waals surface area contributed by atoms with Crippen LogP contribution in [0.2, 0.25) is 0 Å². The van der Waals surface area contributed by atoms with Crippen LogP contribution < -0.4 is 15.1 Å². The van der Waals surface area contributed by atoms with Gasteiger partial charge in [-0.2, -0.15) is 0 Å². The maximum Gasteiger partial charge on any atom is 0.335 e. The summed E-state index contributed by atoms with van der Waals surface area (Å²) in [4.78, 5) is 42.4. The lowest BCUT2D eigenvalue weighted by molar-refractivity contribution is -0.122. The van der Waals surface area contributed by atoms with Crippen LogP contribution in [-0.2, 0) is 16.0 Å². The number of hydrogen-bond donors (Lipinski definition) is 1. The van der Waals surface area contributed by atoms with Crippen LogP contribution in [-0.4, -0.2) is 29.9 Å². The number of nitrogens with one attached hydrogen (secondary N) is 1. The molecule has 0 spiro atoms. The fraction of sp³-hybridized carbons (Fsp3) is 0.345. The van der Waals surface area contributed by atoms with E-state index in [1.54, 1.807) is 18.2 Å². The third kappa shape index (κ3) is 4.29. The molecule has 2 aromatic carbocycles. The topological polar surface area (TPSA) is 69.7 Å². The zero-order valence-electron chi connectivity index (χ0n) is 21.4. The zero-order valence-corrected chi connectivity index (χ0v) is 21.4. The SMILES string of the molecule is CCCN1c2cc(C)c(/C=C3/C(=O)NC(=O)N(c4ccccc4CC)C3=O)cc2C(C)=CC1(C)C. The second-order valence-corrected chi connectivity index (χ2v) is 9.80. The first-order valence-corrected chi connectivity index (χ1v) is 12.2. The molecule has 0 saturated carbocycles. The summed E-state index contributed by atoms with van der Waals surface area (Å²) in [5.74, 6) is -1.29. The predicted octanol–water partition coefficient (Wildman–Crippen LogP) is 5.64. The van der Waals surface area contributed by atoms with Crippen molar-refractivity contribution in [2.75, 3.05) is 16.3 Å². The number of imide groups is 2. The highest BCUT2D eigenvalue weighted by molar-refractivity contribution is 6.39. The van der Waals surface area contributed by atoms with Crippen LogP contribution in [0, 0.1) is 6.92 Å². The fourth-order valence-corrected chi connectivity index (χ4v) is 5.09. The number of nitrogens with zero attached hydrogens (tertiary/aromatic N) is 2. The molecule has 6 nitrogen and oxygen atoms in total. The largest absolute Gasteiger partial charge is 0.362 e. The van der Waals surface area contributed by atoms with Gasteiger partial charge in [0, 0.05) is 17.8 Å². The molecule has 1 fully saturated rings. The Hall–Kier alpha value is -3.67. The van der Waals surface area contributed by atoms with E-state index in [9.17, 15) is 14.4 Å². The Kier molecular flexibility index (Phi) is 6.41. The number of carbonyl (C=O) groups is 3. The van der Waals surface area contributed by atoms with Gasteiger partial charge in [-0.15, -0.1) is 0 Å². The first-order chi connectivity index (χ1) is 16.6. The van der Waals surface area contributed by atoms with Crippen molar-refractivity contribution in [2.24, 2.45) is 0 Å². The minimum absolute atomic E-state index is 0.0539. The van der Waals surface area contributed by atoms with Gasteiger partial charge >= 0.3 is 6.03 Å². The number of carbonyl (C=O) groups excluding carboxylic acids is 3. The molecule has 0 radical (unpaired) electrons. The van der Waals surface area contributed by atoms with E-state index in [0.717, 1.165) is 51.4 Å². The van der Waals surface area contributed by atoms with Gasteiger partial charge in [0.1, 0.15) is 5.57 Å². The molecule has 0 aromatic heterocycles. The molecular formula is C29H33N3O3. The number of para-hydroxylation sites is 1. The molecule has 182 valence electrons. The van der Waals surface area contributed by atoms with Crippen LogP contribution >= 0.6 is 0 Å². The van der Waals surface area contributed by atoms with Gasteiger partial charge in [-0.1, -0.05) is 38.1 Å². The van der Waals surface area contributed by atoms with Crippen molar-refractivity contribution in [3.63, 3.8) is 0 Å². The fourth-order valence-electron chi connectivity index (χ4n) is 5.09. The molecule has 0 bridgehead atoms. The van der Waals surface area contributed by atoms with Crippen molar-refractivity contribution >= 4 is 40.9 Å². The summed E-state index contributed by atoms with van der Waals surface area (Å²) in [6, 6.07) is 10.7. The molecule has 1 N–H and O–H groups in total. The summed E-state index contributed by atoms with van der Waals surface area (Å²) < 4.78 is 0. The molecule has 6 heteroatoms. The van der Waals surface area contributed by atoms with Crippen molar-refractivity contribution in [1.29, 1.82) is 0 Å². The molecular weight excluding hydrogens is 438 g/mol. The second kappa shape index (κ2) is 9.17. The van der Waals surface area contributed by atoms with Gasteiger partial charge in [-0.05, 0) is 87.1 Å². The maximum atomic E-state index is 13.5. The van der Waals surface area contributed by atoms with Crippen LogP contribution in [0.25, 0.3) is 11.6 Å². The Labute approximate surface area is 207 Å². The summed E-state index contributed by atoms with van der Waals surface area (Å²) in [5, 5.41) is 2.34. The third-order valence-corrected chi connectivity index (χ3v) is 6.83. The Morgan fingerprint density at radius 1 is 1.00 bits per heavy atom. The van der Waals surface area contributed by atoms with Crippen LogP contribution in [0.5, 0.6) is 0 Å². The lowest BCUT2D eigenvalue weighted by Crippen LogP contribution is -2.54. The van der Waals surface area contributed by atoms with Gasteiger partial charge in [0.15, 0.2) is 0 Å². The number of hydrogen-bond acceptors (Lipinski definition) is 4. The van der Waals surface area contributed by atoms with Gasteiger partial charge in [-0.3, -0.25) is 14.9 Å². The van der Waals surface area contributed by atoms with E-state index in [1.165, 1.54) is 0 Å². The molecule has 2 heterocycles. The normalized spacial score (nSPS) is 18.5. The van der Waals surface area contributed by atoms with E-state index in [2.05, 4.69) is 50.1 Å². The lowest BCUT2D eigenvalue weighted by atomic mass is 9.86. The van der Waals surface area contributed by atoms with Crippen molar-refractivity contribution in [1.82, 2.24) is 5.32 Å². The highest BCUT2D eigenvalue weighted by Gasteiger charge is 2.38. The molecule has 0 unspecified atom stereocenters. The van der Waals surface area contributed by atoms with Gasteiger partial charge in [0.25, 0.3) is 11.8 Å². The molecule has 1 saturated heterocycles. The summed E-state index contributed by atoms with van der Waals surface area (Å²) in [7, 11) is 0. The number of aryl methyl sites for hydroxylation is 2. The number of allylic oxidation sites excluding steroid dienone is 1. The Morgan fingerprint density at radius 3 is 2.40 bits per heavy atom. The van der Waals surface area contributed by atoms with Crippen LogP contribution in [0.15, 0.2) is 48.0 Å². The minimum atomic E-state index is -0.726. The molecule has 35 heavy (non-hydrogen) atoms. The molecule has 0 atom stereocenters. The Bertz CT molecular complexity index is 1290. The zero-order chi connectivity index (χ0) is 25.5. The van der Waals surface area contributed by atoms with E-state index in [0.29, 0.717) is 12.1 Å². The maximum absolute atomic E-state index is 13.5. The smallest absolute Gasteiger partial charge is 0.335 e. The predicted molar refractivity (Wildman–Crippen MR) is 141 cm³/mol. The number of anilines is 2. The second-order valence-electron chi connectivity index (χ2n) is 9.80. The van der Waals surface area contributed by atoms with E-state index < -0.39 is 17.8 Å². The number of amides is 4. The number of rotatable bonds is 5. The summed E-state index contributed by atoms with van der Waals surface area (Å²) in [5.41, 5.74) is 6.33. The average Bonchev–Trinajstić information content (AvgIpc) is 2.79. The summed E-state index contributed by atoms with van der Waals surface area (Å²) in [6.45, 7) is 13.6. The molecule has 4 amide bonds. The van der Waals surface area contributed by atoms with E-state index in [-0.39, 0.29) is 11.1 Å². The van der Waals surface area contributed by atoms with Crippen molar-refractivity contribution in [2.45, 2.75) is 59.9 Å². The molecule has 0 aliphatic carbocycles. The number of urea groups is 1. The first kappa shape index (κ1) is 24.5. The van der Waals surface area contributed by atoms with Crippen LogP contribution in [0.4, 0.5) is 16.2 Å². The molecule has 2 aliphatic rings. The Morgan fingerprint density at radius 2 is 1.71 bits per heavy atom. The number of benzene rings is 2. The summed E-state index contributed by atoms with van der Waals surface area (Å²) >= 11 is 0. The van der Waals surface area contributed by atoms with E-state index >= 15 is 0 Å². The van der Waals surface area contributed by atoms with E-state index in [1.807, 2.05) is 32.0 Å². The van der Waals surface area contributed by atoms with Crippen LogP contribution in [0.3, 0.4) is 0 Å². The molecule has 2 aromatic rings. The Balaban J connectivity index is 1.80. The third-order valence-electron chi connectivity index (χ3n) is 6.83. The quantitative estimate of drug-likeness (QED) is 0.453. The van der Waals surface area contributed by atoms with Crippen molar-refractivity contribution < 1.29 is 14.4 Å². The van der Waals surface area contributed by atoms with Gasteiger partial charge in [0.2, 0.25) is 0 Å². The van der Waals surface area contributed by atoms with Crippen LogP contribution in [0.1, 0.15) is 63.3 Å². The lowest BCUT2D eigenvalue weighted by Gasteiger charge is -2.43. The standard InChI is InChI=1S/C29H33N3O3/c1-7-13-31-25-14-18(3)21(15-22(25)19(4)17-29(31,5)6)16-23-26(33)30-28(35)32(27(23)34)24-12-10-9-11-20(24)8-2/h9-12,14-17H,7-8,13H2,1-6H3,(H,30,33,35)/b23-16-. The van der Waals surface area contributed by atoms with Gasteiger partial charge in [0.05, 0.1) is 11.2 Å². The number of fused-ring (bicyclic) bond motifs is 1. The first-order valence-electron chi connectivity index (χ1n) is 12.2. The van der Waals surface area contributed by atoms with Gasteiger partial charge < -0.3 is 4.90 Å². The summed E-state index contributed by atoms with van der Waals surface area (Å²) in [6.07, 6.45) is 5.55. The molecule has 2 aliphatic heterocycles.